The van der Waals surface area contributed by atoms with Gasteiger partial charge in [0, 0.05) is 0 Å². The Hall–Kier alpha value is -2.06. The molecular formula is C8H7F3N2O4. The minimum atomic E-state index is -5.04. The zero-order valence-corrected chi connectivity index (χ0v) is 8.74. The molecule has 0 N–H and O–H groups in total. The van der Waals surface area contributed by atoms with E-state index in [0.29, 0.717) is 0 Å². The monoisotopic (exact) mass is 252 g/mol. The highest BCUT2D eigenvalue weighted by Gasteiger charge is 2.36. The van der Waals surface area contributed by atoms with Crippen molar-refractivity contribution in [3.8, 4) is 11.6 Å². The molecule has 1 rings (SSSR count). The molecule has 94 valence electrons. The minimum absolute atomic E-state index is 0.00576. The fraction of sp³-hybridized carbons (Fsp3) is 0.375. The normalized spacial score (nSPS) is 11.1. The van der Waals surface area contributed by atoms with E-state index >= 15 is 0 Å². The molecule has 0 saturated carbocycles. The molecule has 0 saturated heterocycles. The standard InChI is InChI=1S/C8H7F3N2O4/c1-4-6(16-2)3-5(13(14)15)7(12-4)17-8(9,10)11/h3H,1-2H3. The Balaban J connectivity index is 3.28. The molecule has 17 heavy (non-hydrogen) atoms. The predicted octanol–water partition coefficient (Wildman–Crippen LogP) is 2.21. The number of nitrogens with zero attached hydrogens (tertiary/aromatic N) is 2. The number of aromatic nitrogens is 1. The van der Waals surface area contributed by atoms with E-state index in [0.717, 1.165) is 6.07 Å². The first-order valence-corrected chi connectivity index (χ1v) is 4.20. The lowest BCUT2D eigenvalue weighted by Crippen LogP contribution is -2.19. The number of pyridine rings is 1. The van der Waals surface area contributed by atoms with Crippen LogP contribution in [0.1, 0.15) is 5.69 Å². The molecule has 1 heterocycles. The van der Waals surface area contributed by atoms with E-state index in [9.17, 15) is 23.3 Å². The first kappa shape index (κ1) is 13.0. The lowest BCUT2D eigenvalue weighted by molar-refractivity contribution is -0.389. The summed E-state index contributed by atoms with van der Waals surface area (Å²) < 4.78 is 44.1. The molecule has 0 fully saturated rings. The average molecular weight is 252 g/mol. The van der Waals surface area contributed by atoms with Gasteiger partial charge in [0.2, 0.25) is 0 Å². The number of alkyl halides is 3. The van der Waals surface area contributed by atoms with Crippen molar-refractivity contribution in [2.24, 2.45) is 0 Å². The SMILES string of the molecule is COc1cc([N+](=O)[O-])c(OC(F)(F)F)nc1C. The molecule has 1 aromatic rings. The van der Waals surface area contributed by atoms with Gasteiger partial charge in [-0.15, -0.1) is 13.2 Å². The van der Waals surface area contributed by atoms with Gasteiger partial charge in [-0.1, -0.05) is 0 Å². The lowest BCUT2D eigenvalue weighted by Gasteiger charge is -2.10. The van der Waals surface area contributed by atoms with E-state index in [2.05, 4.69) is 9.72 Å². The van der Waals surface area contributed by atoms with Crippen LogP contribution < -0.4 is 9.47 Å². The largest absolute Gasteiger partial charge is 0.574 e. The number of ether oxygens (including phenoxy) is 2. The van der Waals surface area contributed by atoms with Crippen LogP contribution in [0.25, 0.3) is 0 Å². The van der Waals surface area contributed by atoms with Crippen LogP contribution in [0.15, 0.2) is 6.07 Å². The van der Waals surface area contributed by atoms with Crippen molar-refractivity contribution < 1.29 is 27.6 Å². The summed E-state index contributed by atoms with van der Waals surface area (Å²) in [7, 11) is 1.22. The molecule has 0 bridgehead atoms. The summed E-state index contributed by atoms with van der Waals surface area (Å²) in [5.41, 5.74) is -0.859. The summed E-state index contributed by atoms with van der Waals surface area (Å²) in [5.74, 6) is -1.10. The summed E-state index contributed by atoms with van der Waals surface area (Å²) in [6.45, 7) is 1.34. The Kier molecular flexibility index (Phi) is 3.39. The second-order valence-corrected chi connectivity index (χ2v) is 2.91. The fourth-order valence-electron chi connectivity index (χ4n) is 1.08. The molecule has 1 aromatic heterocycles. The molecule has 0 amide bonds. The van der Waals surface area contributed by atoms with E-state index in [1.54, 1.807) is 0 Å². The van der Waals surface area contributed by atoms with Gasteiger partial charge >= 0.3 is 17.9 Å². The second-order valence-electron chi connectivity index (χ2n) is 2.91. The van der Waals surface area contributed by atoms with E-state index in [-0.39, 0.29) is 11.4 Å². The van der Waals surface area contributed by atoms with Crippen LogP contribution in [0.3, 0.4) is 0 Å². The molecular weight excluding hydrogens is 245 g/mol. The molecule has 6 nitrogen and oxygen atoms in total. The summed E-state index contributed by atoms with van der Waals surface area (Å²) in [6, 6.07) is 0.823. The van der Waals surface area contributed by atoms with Gasteiger partial charge < -0.3 is 9.47 Å². The van der Waals surface area contributed by atoms with Crippen LogP contribution in [-0.2, 0) is 0 Å². The van der Waals surface area contributed by atoms with Crippen LogP contribution in [0, 0.1) is 17.0 Å². The number of nitro groups is 1. The van der Waals surface area contributed by atoms with Crippen LogP contribution >= 0.6 is 0 Å². The lowest BCUT2D eigenvalue weighted by atomic mass is 10.3. The minimum Gasteiger partial charge on any atom is -0.495 e. The molecule has 0 spiro atoms. The van der Waals surface area contributed by atoms with Crippen molar-refractivity contribution in [3.05, 3.63) is 21.9 Å². The average Bonchev–Trinajstić information content (AvgIpc) is 2.14. The zero-order chi connectivity index (χ0) is 13.2. The highest BCUT2D eigenvalue weighted by atomic mass is 19.4. The maximum atomic E-state index is 12.0. The smallest absolute Gasteiger partial charge is 0.495 e. The Morgan fingerprint density at radius 3 is 2.47 bits per heavy atom. The van der Waals surface area contributed by atoms with Gasteiger partial charge in [0.25, 0.3) is 0 Å². The molecule has 0 aromatic carbocycles. The summed E-state index contributed by atoms with van der Waals surface area (Å²) >= 11 is 0. The Bertz CT molecular complexity index is 447. The quantitative estimate of drug-likeness (QED) is 0.609. The summed E-state index contributed by atoms with van der Waals surface area (Å²) in [4.78, 5) is 12.9. The zero-order valence-electron chi connectivity index (χ0n) is 8.74. The van der Waals surface area contributed by atoms with E-state index in [1.165, 1.54) is 14.0 Å². The summed E-state index contributed by atoms with van der Waals surface area (Å²) in [5, 5.41) is 10.5. The molecule has 0 aliphatic carbocycles. The number of methoxy groups -OCH3 is 1. The van der Waals surface area contributed by atoms with Gasteiger partial charge in [-0.3, -0.25) is 10.1 Å². The van der Waals surface area contributed by atoms with Crippen molar-refractivity contribution in [2.75, 3.05) is 7.11 Å². The number of aryl methyl sites for hydroxylation is 1. The fourth-order valence-corrected chi connectivity index (χ4v) is 1.08. The Labute approximate surface area is 93.1 Å². The van der Waals surface area contributed by atoms with E-state index < -0.39 is 22.9 Å². The topological polar surface area (TPSA) is 74.5 Å². The van der Waals surface area contributed by atoms with Crippen LogP contribution in [0.2, 0.25) is 0 Å². The first-order chi connectivity index (χ1) is 7.74. The maximum Gasteiger partial charge on any atom is 0.574 e. The third-order valence-electron chi connectivity index (χ3n) is 1.74. The highest BCUT2D eigenvalue weighted by molar-refractivity contribution is 5.48. The number of rotatable bonds is 3. The second kappa shape index (κ2) is 4.44. The van der Waals surface area contributed by atoms with Crippen molar-refractivity contribution in [2.45, 2.75) is 13.3 Å². The molecule has 9 heteroatoms. The van der Waals surface area contributed by atoms with Crippen molar-refractivity contribution in [1.29, 1.82) is 0 Å². The van der Waals surface area contributed by atoms with Crippen molar-refractivity contribution in [3.63, 3.8) is 0 Å². The van der Waals surface area contributed by atoms with E-state index in [1.807, 2.05) is 0 Å². The van der Waals surface area contributed by atoms with Gasteiger partial charge in [0.15, 0.2) is 0 Å². The predicted molar refractivity (Wildman–Crippen MR) is 48.9 cm³/mol. The molecule has 0 atom stereocenters. The van der Waals surface area contributed by atoms with Crippen LogP contribution in [-0.4, -0.2) is 23.4 Å². The van der Waals surface area contributed by atoms with Gasteiger partial charge in [0.05, 0.1) is 23.8 Å². The van der Waals surface area contributed by atoms with Gasteiger partial charge in [-0.2, -0.15) is 0 Å². The van der Waals surface area contributed by atoms with Gasteiger partial charge in [-0.05, 0) is 6.92 Å². The number of halogens is 3. The van der Waals surface area contributed by atoms with Gasteiger partial charge in [-0.25, -0.2) is 4.98 Å². The van der Waals surface area contributed by atoms with E-state index in [4.69, 9.17) is 4.74 Å². The first-order valence-electron chi connectivity index (χ1n) is 4.20. The number of hydrogen-bond acceptors (Lipinski definition) is 5. The van der Waals surface area contributed by atoms with Gasteiger partial charge in [0.1, 0.15) is 5.75 Å². The Morgan fingerprint density at radius 2 is 2.06 bits per heavy atom. The Morgan fingerprint density at radius 1 is 1.47 bits per heavy atom. The maximum absolute atomic E-state index is 12.0. The van der Waals surface area contributed by atoms with Crippen LogP contribution in [0.5, 0.6) is 11.6 Å². The van der Waals surface area contributed by atoms with Crippen molar-refractivity contribution >= 4 is 5.69 Å². The molecule has 0 unspecified atom stereocenters. The third kappa shape index (κ3) is 3.20. The van der Waals surface area contributed by atoms with Crippen molar-refractivity contribution in [1.82, 2.24) is 4.98 Å². The summed E-state index contributed by atoms with van der Waals surface area (Å²) in [6.07, 6.45) is -5.04. The molecule has 0 radical (unpaired) electrons. The van der Waals surface area contributed by atoms with Crippen LogP contribution in [0.4, 0.5) is 18.9 Å². The molecule has 0 aliphatic rings. The molecule has 0 aliphatic heterocycles. The highest BCUT2D eigenvalue weighted by Crippen LogP contribution is 2.34. The third-order valence-corrected chi connectivity index (χ3v) is 1.74. The number of hydrogen-bond donors (Lipinski definition) is 0.